The van der Waals surface area contributed by atoms with Crippen LogP contribution in [0.2, 0.25) is 0 Å². The number of hydrogen-bond donors (Lipinski definition) is 1. The predicted molar refractivity (Wildman–Crippen MR) is 80.2 cm³/mol. The molecule has 2 rings (SSSR count). The van der Waals surface area contributed by atoms with Crippen LogP contribution in [0.15, 0.2) is 58.9 Å². The molecular weight excluding hydrogens is 252 g/mol. The second-order valence-corrected chi connectivity index (χ2v) is 3.95. The first-order chi connectivity index (χ1) is 9.79. The van der Waals surface area contributed by atoms with Gasteiger partial charge in [0.05, 0.1) is 12.8 Å². The summed E-state index contributed by atoms with van der Waals surface area (Å²) >= 11 is 0. The van der Waals surface area contributed by atoms with Crippen molar-refractivity contribution in [3.8, 4) is 5.75 Å². The number of benzene rings is 1. The molecular formula is C15H16N4O. The van der Waals surface area contributed by atoms with Crippen LogP contribution >= 0.6 is 0 Å². The molecule has 1 aromatic heterocycles. The molecule has 0 amide bonds. The van der Waals surface area contributed by atoms with E-state index in [2.05, 4.69) is 15.2 Å². The van der Waals surface area contributed by atoms with E-state index in [4.69, 9.17) is 10.5 Å². The summed E-state index contributed by atoms with van der Waals surface area (Å²) in [5, 5.41) is 7.87. The van der Waals surface area contributed by atoms with E-state index in [9.17, 15) is 0 Å². The number of hydrogen-bond acceptors (Lipinski definition) is 4. The van der Waals surface area contributed by atoms with Crippen molar-refractivity contribution in [2.45, 2.75) is 6.92 Å². The van der Waals surface area contributed by atoms with Gasteiger partial charge in [0.25, 0.3) is 0 Å². The standard InChI is InChI=1S/C15H16N4O/c1-2-20-13-8-6-12(7-9-13)11-18-19-15(16)14-5-3-4-10-17-14/h3-11H,2H2,1H3,(H2,16,19)/b18-11+. The van der Waals surface area contributed by atoms with Gasteiger partial charge in [0.15, 0.2) is 5.84 Å². The summed E-state index contributed by atoms with van der Waals surface area (Å²) in [5.74, 6) is 1.12. The van der Waals surface area contributed by atoms with Crippen LogP contribution in [0.5, 0.6) is 5.75 Å². The molecule has 102 valence electrons. The zero-order valence-corrected chi connectivity index (χ0v) is 11.2. The van der Waals surface area contributed by atoms with Gasteiger partial charge in [-0.2, -0.15) is 5.10 Å². The maximum Gasteiger partial charge on any atom is 0.171 e. The van der Waals surface area contributed by atoms with Crippen molar-refractivity contribution in [2.75, 3.05) is 6.61 Å². The summed E-state index contributed by atoms with van der Waals surface area (Å²) in [5.41, 5.74) is 7.31. The molecule has 5 nitrogen and oxygen atoms in total. The molecule has 0 bridgehead atoms. The third kappa shape index (κ3) is 3.91. The van der Waals surface area contributed by atoms with Crippen LogP contribution in [0.1, 0.15) is 18.2 Å². The number of rotatable bonds is 5. The Kier molecular flexibility index (Phi) is 4.83. The first-order valence-electron chi connectivity index (χ1n) is 6.30. The van der Waals surface area contributed by atoms with E-state index in [1.54, 1.807) is 18.5 Å². The average molecular weight is 268 g/mol. The molecule has 2 aromatic rings. The van der Waals surface area contributed by atoms with E-state index in [-0.39, 0.29) is 5.84 Å². The fraction of sp³-hybridized carbons (Fsp3) is 0.133. The lowest BCUT2D eigenvalue weighted by Gasteiger charge is -2.01. The summed E-state index contributed by atoms with van der Waals surface area (Å²) in [6.07, 6.45) is 3.29. The number of nitrogens with zero attached hydrogens (tertiary/aromatic N) is 3. The predicted octanol–water partition coefficient (Wildman–Crippen LogP) is 2.22. The monoisotopic (exact) mass is 268 g/mol. The highest BCUT2D eigenvalue weighted by Crippen LogP contribution is 2.10. The van der Waals surface area contributed by atoms with E-state index in [1.807, 2.05) is 43.3 Å². The van der Waals surface area contributed by atoms with Crippen LogP contribution in [0, 0.1) is 0 Å². The van der Waals surface area contributed by atoms with Crippen LogP contribution in [0.25, 0.3) is 0 Å². The molecule has 0 radical (unpaired) electrons. The lowest BCUT2D eigenvalue weighted by atomic mass is 10.2. The van der Waals surface area contributed by atoms with Gasteiger partial charge in [-0.25, -0.2) is 0 Å². The first-order valence-corrected chi connectivity index (χ1v) is 6.30. The Hall–Kier alpha value is -2.69. The first kappa shape index (κ1) is 13.7. The quantitative estimate of drug-likeness (QED) is 0.513. The van der Waals surface area contributed by atoms with Crippen LogP contribution in [-0.4, -0.2) is 23.6 Å². The van der Waals surface area contributed by atoms with Crippen molar-refractivity contribution in [1.29, 1.82) is 0 Å². The fourth-order valence-corrected chi connectivity index (χ4v) is 1.54. The largest absolute Gasteiger partial charge is 0.494 e. The van der Waals surface area contributed by atoms with Gasteiger partial charge < -0.3 is 10.5 Å². The topological polar surface area (TPSA) is 72.9 Å². The molecule has 0 aliphatic carbocycles. The van der Waals surface area contributed by atoms with E-state index in [1.165, 1.54) is 0 Å². The van der Waals surface area contributed by atoms with Crippen molar-refractivity contribution >= 4 is 12.1 Å². The highest BCUT2D eigenvalue weighted by molar-refractivity contribution is 5.95. The molecule has 0 unspecified atom stereocenters. The Labute approximate surface area is 117 Å². The summed E-state index contributed by atoms with van der Waals surface area (Å²) in [4.78, 5) is 4.09. The minimum atomic E-state index is 0.285. The van der Waals surface area contributed by atoms with Gasteiger partial charge in [-0.1, -0.05) is 6.07 Å². The molecule has 0 fully saturated rings. The second-order valence-electron chi connectivity index (χ2n) is 3.95. The molecule has 0 atom stereocenters. The Morgan fingerprint density at radius 2 is 2.05 bits per heavy atom. The number of amidine groups is 1. The van der Waals surface area contributed by atoms with Gasteiger partial charge in [-0.15, -0.1) is 5.10 Å². The molecule has 0 aliphatic rings. The molecule has 0 spiro atoms. The number of aromatic nitrogens is 1. The molecule has 0 saturated heterocycles. The Morgan fingerprint density at radius 3 is 2.70 bits per heavy atom. The minimum absolute atomic E-state index is 0.285. The van der Waals surface area contributed by atoms with E-state index >= 15 is 0 Å². The van der Waals surface area contributed by atoms with Crippen LogP contribution in [0.4, 0.5) is 0 Å². The number of nitrogens with two attached hydrogens (primary N) is 1. The van der Waals surface area contributed by atoms with E-state index in [0.29, 0.717) is 12.3 Å². The summed E-state index contributed by atoms with van der Waals surface area (Å²) in [6, 6.07) is 13.0. The van der Waals surface area contributed by atoms with Crippen LogP contribution in [-0.2, 0) is 0 Å². The zero-order valence-electron chi connectivity index (χ0n) is 11.2. The van der Waals surface area contributed by atoms with Crippen molar-refractivity contribution in [1.82, 2.24) is 4.98 Å². The molecule has 20 heavy (non-hydrogen) atoms. The van der Waals surface area contributed by atoms with Crippen molar-refractivity contribution in [2.24, 2.45) is 15.9 Å². The van der Waals surface area contributed by atoms with Gasteiger partial charge in [-0.05, 0) is 48.9 Å². The van der Waals surface area contributed by atoms with E-state index in [0.717, 1.165) is 11.3 Å². The molecule has 1 heterocycles. The lowest BCUT2D eigenvalue weighted by Crippen LogP contribution is -2.14. The second kappa shape index (κ2) is 7.04. The molecule has 0 aliphatic heterocycles. The Balaban J connectivity index is 2.02. The van der Waals surface area contributed by atoms with E-state index < -0.39 is 0 Å². The third-order valence-corrected chi connectivity index (χ3v) is 2.49. The highest BCUT2D eigenvalue weighted by Gasteiger charge is 1.96. The summed E-state index contributed by atoms with van der Waals surface area (Å²) in [6.45, 7) is 2.60. The van der Waals surface area contributed by atoms with Crippen molar-refractivity contribution in [3.63, 3.8) is 0 Å². The Morgan fingerprint density at radius 1 is 1.25 bits per heavy atom. The lowest BCUT2D eigenvalue weighted by molar-refractivity contribution is 0.340. The maximum absolute atomic E-state index is 5.78. The Bertz CT molecular complexity index is 591. The van der Waals surface area contributed by atoms with Crippen molar-refractivity contribution in [3.05, 3.63) is 59.9 Å². The summed E-state index contributed by atoms with van der Waals surface area (Å²) < 4.78 is 5.36. The molecule has 0 saturated carbocycles. The van der Waals surface area contributed by atoms with Crippen molar-refractivity contribution < 1.29 is 4.74 Å². The van der Waals surface area contributed by atoms with Gasteiger partial charge in [0.2, 0.25) is 0 Å². The van der Waals surface area contributed by atoms with Crippen LogP contribution < -0.4 is 10.5 Å². The smallest absolute Gasteiger partial charge is 0.171 e. The minimum Gasteiger partial charge on any atom is -0.494 e. The van der Waals surface area contributed by atoms with Gasteiger partial charge in [0, 0.05) is 6.20 Å². The molecule has 1 aromatic carbocycles. The average Bonchev–Trinajstić information content (AvgIpc) is 2.50. The normalized spacial score (nSPS) is 11.8. The van der Waals surface area contributed by atoms with Gasteiger partial charge in [0.1, 0.15) is 11.4 Å². The van der Waals surface area contributed by atoms with Gasteiger partial charge in [-0.3, -0.25) is 4.98 Å². The van der Waals surface area contributed by atoms with Crippen LogP contribution in [0.3, 0.4) is 0 Å². The molecule has 5 heteroatoms. The number of pyridine rings is 1. The third-order valence-electron chi connectivity index (χ3n) is 2.49. The zero-order chi connectivity index (χ0) is 14.2. The molecule has 2 N–H and O–H groups in total. The summed E-state index contributed by atoms with van der Waals surface area (Å²) in [7, 11) is 0. The van der Waals surface area contributed by atoms with Gasteiger partial charge >= 0.3 is 0 Å². The number of ether oxygens (including phenoxy) is 1. The highest BCUT2D eigenvalue weighted by atomic mass is 16.5. The fourth-order valence-electron chi connectivity index (χ4n) is 1.54. The maximum atomic E-state index is 5.78. The SMILES string of the molecule is CCOc1ccc(/C=N/N=C(\N)c2ccccn2)cc1.